The minimum atomic E-state index is -0.958. The van der Waals surface area contributed by atoms with Gasteiger partial charge in [-0.1, -0.05) is 0 Å². The molecular formula is C12H26O3. The van der Waals surface area contributed by atoms with Crippen LogP contribution in [-0.4, -0.2) is 29.7 Å². The third-order valence-corrected chi connectivity index (χ3v) is 2.41. The van der Waals surface area contributed by atoms with Crippen LogP contribution in [0.15, 0.2) is 0 Å². The first-order chi connectivity index (χ1) is 6.66. The highest BCUT2D eigenvalue weighted by molar-refractivity contribution is 4.75. The van der Waals surface area contributed by atoms with E-state index < -0.39 is 5.79 Å². The highest BCUT2D eigenvalue weighted by Crippen LogP contribution is 2.27. The van der Waals surface area contributed by atoms with Gasteiger partial charge in [-0.3, -0.25) is 0 Å². The fourth-order valence-electron chi connectivity index (χ4n) is 1.48. The first-order valence-electron chi connectivity index (χ1n) is 5.61. The van der Waals surface area contributed by atoms with Gasteiger partial charge >= 0.3 is 0 Å². The van der Waals surface area contributed by atoms with Crippen molar-refractivity contribution in [2.24, 2.45) is 0 Å². The lowest BCUT2D eigenvalue weighted by Crippen LogP contribution is -2.33. The molecule has 1 atom stereocenters. The van der Waals surface area contributed by atoms with Crippen molar-refractivity contribution in [3.63, 3.8) is 0 Å². The average molecular weight is 218 g/mol. The number of methoxy groups -OCH3 is 1. The Morgan fingerprint density at radius 3 is 2.07 bits per heavy atom. The summed E-state index contributed by atoms with van der Waals surface area (Å²) in [6.07, 6.45) is 4.27. The minimum Gasteiger partial charge on any atom is -0.373 e. The van der Waals surface area contributed by atoms with Crippen LogP contribution in [0.2, 0.25) is 0 Å². The smallest absolute Gasteiger partial charge is 0.159 e. The fraction of sp³-hybridized carbons (Fsp3) is 1.00. The van der Waals surface area contributed by atoms with Crippen LogP contribution in [0.25, 0.3) is 0 Å². The molecule has 0 aromatic rings. The second-order valence-electron chi connectivity index (χ2n) is 5.23. The molecule has 0 spiro atoms. The van der Waals surface area contributed by atoms with E-state index in [0.717, 1.165) is 0 Å². The monoisotopic (exact) mass is 218 g/mol. The Labute approximate surface area is 93.8 Å². The summed E-state index contributed by atoms with van der Waals surface area (Å²) < 4.78 is 10.2. The van der Waals surface area contributed by atoms with Crippen LogP contribution in [0.4, 0.5) is 0 Å². The van der Waals surface area contributed by atoms with Crippen molar-refractivity contribution in [3.8, 4) is 0 Å². The molecule has 1 saturated heterocycles. The van der Waals surface area contributed by atoms with Crippen LogP contribution in [0.1, 0.15) is 53.9 Å². The number of hydrogen-bond donors (Lipinski definition) is 1. The molecule has 92 valence electrons. The Balaban J connectivity index is 0.000000288. The van der Waals surface area contributed by atoms with Crippen LogP contribution in [0, 0.1) is 0 Å². The number of ether oxygens (including phenoxy) is 2. The van der Waals surface area contributed by atoms with E-state index in [9.17, 15) is 0 Å². The van der Waals surface area contributed by atoms with E-state index >= 15 is 0 Å². The summed E-state index contributed by atoms with van der Waals surface area (Å²) in [5.41, 5.74) is 0.150. The molecule has 0 bridgehead atoms. The van der Waals surface area contributed by atoms with Crippen LogP contribution < -0.4 is 0 Å². The zero-order valence-corrected chi connectivity index (χ0v) is 11.0. The van der Waals surface area contributed by atoms with Crippen molar-refractivity contribution in [2.45, 2.75) is 71.4 Å². The van der Waals surface area contributed by atoms with Crippen molar-refractivity contribution in [1.29, 1.82) is 0 Å². The topological polar surface area (TPSA) is 38.7 Å². The average Bonchev–Trinajstić information content (AvgIpc) is 2.01. The van der Waals surface area contributed by atoms with E-state index in [1.165, 1.54) is 26.4 Å². The SMILES string of the molecule is CC1CCCC(C)(C)O1.COC(C)(C)O. The molecule has 1 fully saturated rings. The molecular weight excluding hydrogens is 192 g/mol. The maximum Gasteiger partial charge on any atom is 0.159 e. The van der Waals surface area contributed by atoms with Gasteiger partial charge in [0.25, 0.3) is 0 Å². The molecule has 3 heteroatoms. The van der Waals surface area contributed by atoms with Gasteiger partial charge in [-0.25, -0.2) is 0 Å². The van der Waals surface area contributed by atoms with Gasteiger partial charge in [0.2, 0.25) is 0 Å². The summed E-state index contributed by atoms with van der Waals surface area (Å²) in [7, 11) is 1.46. The van der Waals surface area contributed by atoms with Crippen molar-refractivity contribution in [3.05, 3.63) is 0 Å². The summed E-state index contributed by atoms with van der Waals surface area (Å²) in [6.45, 7) is 9.65. The highest BCUT2D eigenvalue weighted by atomic mass is 16.6. The standard InChI is InChI=1S/C8H16O.C4H10O2/c1-7-5-4-6-8(2,3)9-7;1-4(2,5)6-3/h7H,4-6H2,1-3H3;5H,1-3H3. The summed E-state index contributed by atoms with van der Waals surface area (Å²) in [5, 5.41) is 8.60. The fourth-order valence-corrected chi connectivity index (χ4v) is 1.48. The summed E-state index contributed by atoms with van der Waals surface area (Å²) >= 11 is 0. The molecule has 0 aliphatic carbocycles. The second-order valence-corrected chi connectivity index (χ2v) is 5.23. The van der Waals surface area contributed by atoms with Gasteiger partial charge in [-0.2, -0.15) is 0 Å². The van der Waals surface area contributed by atoms with Gasteiger partial charge in [-0.05, 0) is 53.9 Å². The molecule has 0 saturated carbocycles. The van der Waals surface area contributed by atoms with Crippen LogP contribution in [0.3, 0.4) is 0 Å². The van der Waals surface area contributed by atoms with Crippen molar-refractivity contribution < 1.29 is 14.6 Å². The zero-order chi connectivity index (χ0) is 12.1. The lowest BCUT2D eigenvalue weighted by molar-refractivity contribution is -0.155. The van der Waals surface area contributed by atoms with E-state index in [1.807, 2.05) is 0 Å². The Morgan fingerprint density at radius 2 is 1.87 bits per heavy atom. The molecule has 0 aromatic heterocycles. The molecule has 0 amide bonds. The Bertz CT molecular complexity index is 170. The summed E-state index contributed by atoms with van der Waals surface area (Å²) in [4.78, 5) is 0. The van der Waals surface area contributed by atoms with Gasteiger partial charge < -0.3 is 14.6 Å². The first-order valence-corrected chi connectivity index (χ1v) is 5.61. The second kappa shape index (κ2) is 5.83. The normalized spacial score (nSPS) is 25.4. The Hall–Kier alpha value is -0.120. The van der Waals surface area contributed by atoms with Crippen molar-refractivity contribution >= 4 is 0 Å². The van der Waals surface area contributed by atoms with Gasteiger partial charge in [0.1, 0.15) is 0 Å². The predicted octanol–water partition coefficient (Wildman–Crippen LogP) is 2.72. The van der Waals surface area contributed by atoms with Gasteiger partial charge in [-0.15, -0.1) is 0 Å². The maximum absolute atomic E-state index is 8.60. The van der Waals surface area contributed by atoms with E-state index in [-0.39, 0.29) is 5.60 Å². The molecule has 1 rings (SSSR count). The number of hydrogen-bond acceptors (Lipinski definition) is 3. The molecule has 1 unspecified atom stereocenters. The largest absolute Gasteiger partial charge is 0.373 e. The zero-order valence-electron chi connectivity index (χ0n) is 11.0. The quantitative estimate of drug-likeness (QED) is 0.688. The number of rotatable bonds is 1. The molecule has 15 heavy (non-hydrogen) atoms. The molecule has 0 aromatic carbocycles. The molecule has 3 nitrogen and oxygen atoms in total. The third kappa shape index (κ3) is 8.85. The van der Waals surface area contributed by atoms with Crippen LogP contribution in [-0.2, 0) is 9.47 Å². The lowest BCUT2D eigenvalue weighted by Gasteiger charge is -2.34. The van der Waals surface area contributed by atoms with E-state index in [2.05, 4.69) is 25.5 Å². The molecule has 1 heterocycles. The predicted molar refractivity (Wildman–Crippen MR) is 61.8 cm³/mol. The van der Waals surface area contributed by atoms with Crippen molar-refractivity contribution in [1.82, 2.24) is 0 Å². The summed E-state index contributed by atoms with van der Waals surface area (Å²) in [5.74, 6) is -0.958. The number of aliphatic hydroxyl groups is 1. The molecule has 1 aliphatic heterocycles. The van der Waals surface area contributed by atoms with E-state index in [0.29, 0.717) is 6.10 Å². The molecule has 1 aliphatic rings. The van der Waals surface area contributed by atoms with Crippen LogP contribution in [0.5, 0.6) is 0 Å². The van der Waals surface area contributed by atoms with Gasteiger partial charge in [0.15, 0.2) is 5.79 Å². The summed E-state index contributed by atoms with van der Waals surface area (Å²) in [6, 6.07) is 0. The Kier molecular flexibility index (Phi) is 5.78. The van der Waals surface area contributed by atoms with Crippen LogP contribution >= 0.6 is 0 Å². The Morgan fingerprint density at radius 1 is 1.40 bits per heavy atom. The first kappa shape index (κ1) is 14.9. The van der Waals surface area contributed by atoms with Crippen molar-refractivity contribution in [2.75, 3.05) is 7.11 Å². The van der Waals surface area contributed by atoms with E-state index in [4.69, 9.17) is 9.84 Å². The minimum absolute atomic E-state index is 0.150. The third-order valence-electron chi connectivity index (χ3n) is 2.41. The van der Waals surface area contributed by atoms with E-state index in [1.54, 1.807) is 13.8 Å². The molecule has 1 N–H and O–H groups in total. The van der Waals surface area contributed by atoms with Gasteiger partial charge in [0, 0.05) is 7.11 Å². The molecule has 0 radical (unpaired) electrons. The maximum atomic E-state index is 8.60. The van der Waals surface area contributed by atoms with Gasteiger partial charge in [0.05, 0.1) is 11.7 Å². The highest BCUT2D eigenvalue weighted by Gasteiger charge is 2.25. The lowest BCUT2D eigenvalue weighted by atomic mass is 9.96.